The topological polar surface area (TPSA) is 98.7 Å². The summed E-state index contributed by atoms with van der Waals surface area (Å²) in [4.78, 5) is 21.8. The van der Waals surface area contributed by atoms with E-state index in [1.165, 1.54) is 0 Å². The summed E-state index contributed by atoms with van der Waals surface area (Å²) < 4.78 is 0. The third-order valence-corrected chi connectivity index (χ3v) is 3.13. The third-order valence-electron chi connectivity index (χ3n) is 2.89. The number of carbonyl (C=O) groups is 2. The van der Waals surface area contributed by atoms with Crippen molar-refractivity contribution in [1.82, 2.24) is 10.6 Å². The van der Waals surface area contributed by atoms with Crippen LogP contribution in [0.15, 0.2) is 24.3 Å². The second-order valence-corrected chi connectivity index (χ2v) is 5.33. The van der Waals surface area contributed by atoms with E-state index >= 15 is 0 Å². The van der Waals surface area contributed by atoms with Gasteiger partial charge in [0.1, 0.15) is 5.60 Å². The number of carboxylic acids is 1. The highest BCUT2D eigenvalue weighted by Gasteiger charge is 2.23. The molecule has 0 fully saturated rings. The molecule has 0 aromatic heterocycles. The van der Waals surface area contributed by atoms with Crippen LogP contribution in [0.4, 0.5) is 4.79 Å². The van der Waals surface area contributed by atoms with Gasteiger partial charge in [-0.15, -0.1) is 0 Å². The number of rotatable bonds is 7. The average molecular weight is 315 g/mol. The number of nitrogens with one attached hydrogen (secondary N) is 2. The van der Waals surface area contributed by atoms with Crippen molar-refractivity contribution in [3.63, 3.8) is 0 Å². The number of aliphatic carboxylic acids is 1. The zero-order valence-electron chi connectivity index (χ0n) is 11.7. The first kappa shape index (κ1) is 17.3. The van der Waals surface area contributed by atoms with Crippen molar-refractivity contribution in [2.24, 2.45) is 0 Å². The highest BCUT2D eigenvalue weighted by Crippen LogP contribution is 2.22. The Balaban J connectivity index is 2.39. The van der Waals surface area contributed by atoms with Crippen molar-refractivity contribution in [3.05, 3.63) is 34.9 Å². The minimum atomic E-state index is -1.25. The Hall–Kier alpha value is -1.79. The van der Waals surface area contributed by atoms with Crippen LogP contribution in [0.1, 0.15) is 25.3 Å². The molecular weight excluding hydrogens is 296 g/mol. The molecule has 0 bridgehead atoms. The number of halogens is 1. The Labute approximate surface area is 128 Å². The number of hydrogen-bond donors (Lipinski definition) is 4. The molecule has 0 heterocycles. The first-order valence-corrected chi connectivity index (χ1v) is 6.91. The van der Waals surface area contributed by atoms with E-state index in [0.29, 0.717) is 17.0 Å². The lowest BCUT2D eigenvalue weighted by Gasteiger charge is -2.24. The molecule has 0 saturated carbocycles. The molecule has 0 aliphatic rings. The molecule has 6 nitrogen and oxygen atoms in total. The molecule has 1 aromatic rings. The summed E-state index contributed by atoms with van der Waals surface area (Å²) in [5.41, 5.74) is -0.648. The molecule has 1 unspecified atom stereocenters. The van der Waals surface area contributed by atoms with Gasteiger partial charge in [0.15, 0.2) is 0 Å². The summed E-state index contributed by atoms with van der Waals surface area (Å²) in [6, 6.07) is 6.32. The van der Waals surface area contributed by atoms with Gasteiger partial charge in [-0.2, -0.15) is 0 Å². The van der Waals surface area contributed by atoms with Crippen molar-refractivity contribution >= 4 is 23.6 Å². The average Bonchev–Trinajstić information content (AvgIpc) is 2.41. The van der Waals surface area contributed by atoms with Crippen LogP contribution in [0.5, 0.6) is 0 Å². The van der Waals surface area contributed by atoms with Crippen LogP contribution >= 0.6 is 11.6 Å². The number of carbonyl (C=O) groups excluding carboxylic acids is 1. The Bertz CT molecular complexity index is 506. The van der Waals surface area contributed by atoms with Crippen LogP contribution in [0.3, 0.4) is 0 Å². The highest BCUT2D eigenvalue weighted by molar-refractivity contribution is 6.30. The third kappa shape index (κ3) is 6.46. The van der Waals surface area contributed by atoms with Crippen molar-refractivity contribution in [2.75, 3.05) is 13.1 Å². The summed E-state index contributed by atoms with van der Waals surface area (Å²) in [5, 5.41) is 24.4. The van der Waals surface area contributed by atoms with Crippen LogP contribution in [-0.4, -0.2) is 35.3 Å². The largest absolute Gasteiger partial charge is 0.481 e. The van der Waals surface area contributed by atoms with Gasteiger partial charge in [0.25, 0.3) is 0 Å². The maximum Gasteiger partial charge on any atom is 0.314 e. The molecular formula is C14H19ClN2O4. The summed E-state index contributed by atoms with van der Waals surface area (Å²) in [5.74, 6) is -0.902. The monoisotopic (exact) mass is 314 g/mol. The summed E-state index contributed by atoms with van der Waals surface area (Å²) in [7, 11) is 0. The highest BCUT2D eigenvalue weighted by atomic mass is 35.5. The fraction of sp³-hybridized carbons (Fsp3) is 0.429. The van der Waals surface area contributed by atoms with E-state index < -0.39 is 17.6 Å². The molecule has 0 radical (unpaired) electrons. The standard InChI is InChI=1S/C14H19ClN2O4/c1-14(21,10-4-2-5-11(15)8-10)9-17-13(20)16-7-3-6-12(18)19/h2,4-5,8,21H,3,6-7,9H2,1H3,(H,18,19)(H2,16,17,20). The smallest absolute Gasteiger partial charge is 0.314 e. The van der Waals surface area contributed by atoms with Gasteiger partial charge >= 0.3 is 12.0 Å². The summed E-state index contributed by atoms with van der Waals surface area (Å²) in [6.45, 7) is 1.85. The predicted molar refractivity (Wildman–Crippen MR) is 79.3 cm³/mol. The molecule has 1 rings (SSSR count). The molecule has 1 aromatic carbocycles. The van der Waals surface area contributed by atoms with Crippen LogP contribution in [0.2, 0.25) is 5.02 Å². The van der Waals surface area contributed by atoms with E-state index in [9.17, 15) is 14.7 Å². The zero-order valence-corrected chi connectivity index (χ0v) is 12.5. The quantitative estimate of drug-likeness (QED) is 0.576. The van der Waals surface area contributed by atoms with Gasteiger partial charge in [0.05, 0.1) is 6.54 Å². The van der Waals surface area contributed by atoms with Crippen LogP contribution in [0, 0.1) is 0 Å². The van der Waals surface area contributed by atoms with E-state index in [-0.39, 0.29) is 19.5 Å². The molecule has 4 N–H and O–H groups in total. The van der Waals surface area contributed by atoms with E-state index in [0.717, 1.165) is 0 Å². The predicted octanol–water partition coefficient (Wildman–Crippen LogP) is 1.71. The van der Waals surface area contributed by atoms with E-state index in [4.69, 9.17) is 16.7 Å². The maximum atomic E-state index is 11.5. The molecule has 116 valence electrons. The fourth-order valence-electron chi connectivity index (χ4n) is 1.68. The lowest BCUT2D eigenvalue weighted by atomic mass is 9.96. The van der Waals surface area contributed by atoms with Crippen molar-refractivity contribution in [2.45, 2.75) is 25.4 Å². The minimum absolute atomic E-state index is 0.000506. The lowest BCUT2D eigenvalue weighted by Crippen LogP contribution is -2.43. The molecule has 7 heteroatoms. The van der Waals surface area contributed by atoms with Gasteiger partial charge < -0.3 is 20.8 Å². The molecule has 0 aliphatic carbocycles. The number of benzene rings is 1. The van der Waals surface area contributed by atoms with Crippen molar-refractivity contribution in [1.29, 1.82) is 0 Å². The Kier molecular flexibility index (Phi) is 6.45. The lowest BCUT2D eigenvalue weighted by molar-refractivity contribution is -0.137. The Morgan fingerprint density at radius 2 is 2.05 bits per heavy atom. The summed E-state index contributed by atoms with van der Waals surface area (Å²) >= 11 is 5.86. The van der Waals surface area contributed by atoms with Gasteiger partial charge in [-0.25, -0.2) is 4.79 Å². The molecule has 0 aliphatic heterocycles. The maximum absolute atomic E-state index is 11.5. The number of aliphatic hydroxyl groups is 1. The molecule has 21 heavy (non-hydrogen) atoms. The van der Waals surface area contributed by atoms with Crippen LogP contribution in [-0.2, 0) is 10.4 Å². The van der Waals surface area contributed by atoms with E-state index in [2.05, 4.69) is 10.6 Å². The molecule has 1 atom stereocenters. The number of carboxylic acid groups (broad SMARTS) is 1. The molecule has 0 saturated heterocycles. The van der Waals surface area contributed by atoms with Gasteiger partial charge in [-0.1, -0.05) is 23.7 Å². The first-order valence-electron chi connectivity index (χ1n) is 6.53. The minimum Gasteiger partial charge on any atom is -0.481 e. The Morgan fingerprint density at radius 1 is 1.33 bits per heavy atom. The van der Waals surface area contributed by atoms with Crippen LogP contribution < -0.4 is 10.6 Å². The van der Waals surface area contributed by atoms with E-state index in [1.54, 1.807) is 31.2 Å². The second-order valence-electron chi connectivity index (χ2n) is 4.89. The van der Waals surface area contributed by atoms with Gasteiger partial charge in [0.2, 0.25) is 0 Å². The fourth-order valence-corrected chi connectivity index (χ4v) is 1.87. The van der Waals surface area contributed by atoms with Crippen LogP contribution in [0.25, 0.3) is 0 Å². The first-order chi connectivity index (χ1) is 9.81. The van der Waals surface area contributed by atoms with Crippen molar-refractivity contribution in [3.8, 4) is 0 Å². The number of urea groups is 1. The van der Waals surface area contributed by atoms with Gasteiger partial charge in [-0.05, 0) is 31.0 Å². The normalized spacial score (nSPS) is 13.3. The summed E-state index contributed by atoms with van der Waals surface area (Å²) in [6.07, 6.45) is 0.355. The SMILES string of the molecule is CC(O)(CNC(=O)NCCCC(=O)O)c1cccc(Cl)c1. The molecule has 2 amide bonds. The van der Waals surface area contributed by atoms with Gasteiger partial charge in [-0.3, -0.25) is 4.79 Å². The number of amides is 2. The Morgan fingerprint density at radius 3 is 2.67 bits per heavy atom. The van der Waals surface area contributed by atoms with Gasteiger partial charge in [0, 0.05) is 18.0 Å². The van der Waals surface area contributed by atoms with Crippen molar-refractivity contribution < 1.29 is 19.8 Å². The van der Waals surface area contributed by atoms with E-state index in [1.807, 2.05) is 0 Å². The molecule has 0 spiro atoms. The zero-order chi connectivity index (χ0) is 15.9. The number of hydrogen-bond acceptors (Lipinski definition) is 3. The second kappa shape index (κ2) is 7.85.